The maximum absolute atomic E-state index is 5.17. The van der Waals surface area contributed by atoms with E-state index in [1.54, 1.807) is 0 Å². The Bertz CT molecular complexity index is 3180. The van der Waals surface area contributed by atoms with Crippen molar-refractivity contribution in [1.82, 2.24) is 19.5 Å². The van der Waals surface area contributed by atoms with Crippen LogP contribution in [0.3, 0.4) is 0 Å². The Morgan fingerprint density at radius 3 is 0.984 bits per heavy atom. The Morgan fingerprint density at radius 2 is 0.541 bits per heavy atom. The standard InChI is InChI=1S/C57H38N4/c1-4-12-39(13-5-1)42-20-22-45(23-21-42)46-32-35-50(36-33-46)61-53-19-11-10-18-51(53)52-37-34-49(38-54(52)61)57-59-55(47-28-24-43(25-29-47)40-14-6-2-7-15-40)58-56(60-57)48-30-26-44(27-31-48)41-16-8-3-9-17-41/h1-38H. The molecule has 0 saturated heterocycles. The summed E-state index contributed by atoms with van der Waals surface area (Å²) in [6, 6.07) is 81.2. The van der Waals surface area contributed by atoms with Crippen LogP contribution in [0.25, 0.3) is 106 Å². The number of hydrogen-bond donors (Lipinski definition) is 0. The van der Waals surface area contributed by atoms with Crippen molar-refractivity contribution in [2.24, 2.45) is 0 Å². The maximum atomic E-state index is 5.17. The van der Waals surface area contributed by atoms with Crippen LogP contribution in [0, 0.1) is 0 Å². The molecule has 0 bridgehead atoms. The van der Waals surface area contributed by atoms with Crippen LogP contribution in [-0.2, 0) is 0 Å². The molecule has 0 amide bonds. The van der Waals surface area contributed by atoms with Crippen LogP contribution in [0.15, 0.2) is 231 Å². The molecule has 11 rings (SSSR count). The Hall–Kier alpha value is -8.21. The van der Waals surface area contributed by atoms with E-state index in [1.165, 1.54) is 44.2 Å². The van der Waals surface area contributed by atoms with Gasteiger partial charge in [-0.15, -0.1) is 0 Å². The maximum Gasteiger partial charge on any atom is 0.164 e. The first-order valence-electron chi connectivity index (χ1n) is 20.6. The van der Waals surface area contributed by atoms with E-state index in [0.29, 0.717) is 17.5 Å². The van der Waals surface area contributed by atoms with E-state index in [-0.39, 0.29) is 0 Å². The smallest absolute Gasteiger partial charge is 0.164 e. The molecule has 0 unspecified atom stereocenters. The first kappa shape index (κ1) is 35.9. The van der Waals surface area contributed by atoms with Gasteiger partial charge in [0.15, 0.2) is 17.5 Å². The molecule has 0 N–H and O–H groups in total. The zero-order valence-electron chi connectivity index (χ0n) is 33.2. The topological polar surface area (TPSA) is 43.6 Å². The largest absolute Gasteiger partial charge is 0.309 e. The molecule has 4 nitrogen and oxygen atoms in total. The molecular weight excluding hydrogens is 741 g/mol. The third kappa shape index (κ3) is 6.96. The van der Waals surface area contributed by atoms with Crippen LogP contribution < -0.4 is 0 Å². The van der Waals surface area contributed by atoms with Gasteiger partial charge in [0.1, 0.15) is 0 Å². The van der Waals surface area contributed by atoms with Crippen LogP contribution in [0.4, 0.5) is 0 Å². The average molecular weight is 779 g/mol. The van der Waals surface area contributed by atoms with Crippen LogP contribution in [0.5, 0.6) is 0 Å². The first-order valence-corrected chi connectivity index (χ1v) is 20.6. The number of benzene rings is 9. The highest BCUT2D eigenvalue weighted by atomic mass is 15.0. The van der Waals surface area contributed by atoms with E-state index in [2.05, 4.69) is 223 Å². The predicted molar refractivity (Wildman–Crippen MR) is 252 cm³/mol. The van der Waals surface area contributed by atoms with Crippen LogP contribution in [0.1, 0.15) is 0 Å². The van der Waals surface area contributed by atoms with Crippen molar-refractivity contribution in [1.29, 1.82) is 0 Å². The molecule has 0 aliphatic heterocycles. The van der Waals surface area contributed by atoms with Crippen molar-refractivity contribution >= 4 is 21.8 Å². The fourth-order valence-electron chi connectivity index (χ4n) is 8.32. The number of nitrogens with zero attached hydrogens (tertiary/aromatic N) is 4. The Balaban J connectivity index is 1.00. The molecule has 0 fully saturated rings. The summed E-state index contributed by atoms with van der Waals surface area (Å²) in [6.45, 7) is 0. The molecular formula is C57H38N4. The van der Waals surface area contributed by atoms with E-state index >= 15 is 0 Å². The van der Waals surface area contributed by atoms with Crippen molar-refractivity contribution in [2.45, 2.75) is 0 Å². The van der Waals surface area contributed by atoms with Crippen molar-refractivity contribution in [3.8, 4) is 84.4 Å². The van der Waals surface area contributed by atoms with E-state index in [0.717, 1.165) is 44.5 Å². The van der Waals surface area contributed by atoms with Crippen molar-refractivity contribution in [2.75, 3.05) is 0 Å². The predicted octanol–water partition coefficient (Wildman–Crippen LogP) is 14.6. The van der Waals surface area contributed by atoms with E-state index in [9.17, 15) is 0 Å². The van der Waals surface area contributed by atoms with Crippen molar-refractivity contribution < 1.29 is 0 Å². The highest BCUT2D eigenvalue weighted by molar-refractivity contribution is 6.10. The number of hydrogen-bond acceptors (Lipinski definition) is 3. The third-order valence-electron chi connectivity index (χ3n) is 11.5. The van der Waals surface area contributed by atoms with E-state index < -0.39 is 0 Å². The van der Waals surface area contributed by atoms with Gasteiger partial charge >= 0.3 is 0 Å². The number of fused-ring (bicyclic) bond motifs is 3. The van der Waals surface area contributed by atoms with Gasteiger partial charge in [0, 0.05) is 33.2 Å². The van der Waals surface area contributed by atoms with Gasteiger partial charge in [-0.2, -0.15) is 0 Å². The molecule has 0 radical (unpaired) electrons. The molecule has 0 saturated carbocycles. The van der Waals surface area contributed by atoms with Crippen LogP contribution >= 0.6 is 0 Å². The fourth-order valence-corrected chi connectivity index (χ4v) is 8.32. The Kier molecular flexibility index (Phi) is 9.14. The zero-order valence-corrected chi connectivity index (χ0v) is 33.2. The SMILES string of the molecule is c1ccc(-c2ccc(-c3ccc(-n4c5ccccc5c5ccc(-c6nc(-c7ccc(-c8ccccc8)cc7)nc(-c7ccc(-c8ccccc8)cc7)n6)cc54)cc3)cc2)cc1. The van der Waals surface area contributed by atoms with Gasteiger partial charge in [0.25, 0.3) is 0 Å². The minimum atomic E-state index is 0.618. The second kappa shape index (κ2) is 15.5. The van der Waals surface area contributed by atoms with E-state index in [4.69, 9.17) is 15.0 Å². The van der Waals surface area contributed by atoms with Gasteiger partial charge < -0.3 is 4.57 Å². The number of aromatic nitrogens is 4. The lowest BCUT2D eigenvalue weighted by Gasteiger charge is -2.12. The zero-order chi connectivity index (χ0) is 40.5. The van der Waals surface area contributed by atoms with Crippen molar-refractivity contribution in [3.63, 3.8) is 0 Å². The lowest BCUT2D eigenvalue weighted by Crippen LogP contribution is -2.00. The minimum Gasteiger partial charge on any atom is -0.309 e. The summed E-state index contributed by atoms with van der Waals surface area (Å²) in [6.07, 6.45) is 0. The Morgan fingerprint density at radius 1 is 0.230 bits per heavy atom. The molecule has 0 atom stereocenters. The molecule has 0 aliphatic carbocycles. The van der Waals surface area contributed by atoms with E-state index in [1.807, 2.05) is 12.1 Å². The summed E-state index contributed by atoms with van der Waals surface area (Å²) in [4.78, 5) is 15.4. The Labute approximate surface area is 354 Å². The summed E-state index contributed by atoms with van der Waals surface area (Å²) in [5, 5.41) is 2.36. The molecule has 11 aromatic rings. The quantitative estimate of drug-likeness (QED) is 0.154. The third-order valence-corrected chi connectivity index (χ3v) is 11.5. The summed E-state index contributed by atoms with van der Waals surface area (Å²) in [5.74, 6) is 1.87. The molecule has 2 aromatic heterocycles. The van der Waals surface area contributed by atoms with Gasteiger partial charge in [-0.25, -0.2) is 15.0 Å². The summed E-state index contributed by atoms with van der Waals surface area (Å²) < 4.78 is 2.35. The normalized spacial score (nSPS) is 11.3. The summed E-state index contributed by atoms with van der Waals surface area (Å²) in [5.41, 5.74) is 15.5. The van der Waals surface area contributed by atoms with Gasteiger partial charge in [-0.3, -0.25) is 0 Å². The lowest BCUT2D eigenvalue weighted by atomic mass is 10.0. The number of rotatable bonds is 8. The molecule has 4 heteroatoms. The van der Waals surface area contributed by atoms with Crippen LogP contribution in [-0.4, -0.2) is 19.5 Å². The fraction of sp³-hybridized carbons (Fsp3) is 0. The highest BCUT2D eigenvalue weighted by Crippen LogP contribution is 2.36. The van der Waals surface area contributed by atoms with Gasteiger partial charge in [0.05, 0.1) is 11.0 Å². The highest BCUT2D eigenvalue weighted by Gasteiger charge is 2.17. The second-order valence-electron chi connectivity index (χ2n) is 15.3. The minimum absolute atomic E-state index is 0.618. The van der Waals surface area contributed by atoms with Crippen molar-refractivity contribution in [3.05, 3.63) is 231 Å². The second-order valence-corrected chi connectivity index (χ2v) is 15.3. The average Bonchev–Trinajstić information content (AvgIpc) is 3.68. The summed E-state index contributed by atoms with van der Waals surface area (Å²) >= 11 is 0. The van der Waals surface area contributed by atoms with Crippen LogP contribution in [0.2, 0.25) is 0 Å². The molecule has 286 valence electrons. The molecule has 0 spiro atoms. The number of para-hydroxylation sites is 1. The monoisotopic (exact) mass is 778 g/mol. The van der Waals surface area contributed by atoms with Gasteiger partial charge in [0.2, 0.25) is 0 Å². The lowest BCUT2D eigenvalue weighted by molar-refractivity contribution is 1.07. The first-order chi connectivity index (χ1) is 30.2. The van der Waals surface area contributed by atoms with Gasteiger partial charge in [-0.05, 0) is 68.8 Å². The molecule has 2 heterocycles. The summed E-state index contributed by atoms with van der Waals surface area (Å²) in [7, 11) is 0. The molecule has 61 heavy (non-hydrogen) atoms. The molecule has 9 aromatic carbocycles. The molecule has 0 aliphatic rings. The van der Waals surface area contributed by atoms with Gasteiger partial charge in [-0.1, -0.05) is 206 Å².